The Morgan fingerprint density at radius 2 is 1.94 bits per heavy atom. The highest BCUT2D eigenvalue weighted by Gasteiger charge is 2.06. The van der Waals surface area contributed by atoms with Gasteiger partial charge in [-0.25, -0.2) is 13.8 Å². The van der Waals surface area contributed by atoms with Crippen molar-refractivity contribution in [2.45, 2.75) is 0 Å². The summed E-state index contributed by atoms with van der Waals surface area (Å²) >= 11 is 0. The van der Waals surface area contributed by atoms with Gasteiger partial charge >= 0.3 is 0 Å². The number of halogens is 3. The third-order valence-electron chi connectivity index (χ3n) is 2.02. The summed E-state index contributed by atoms with van der Waals surface area (Å²) in [5, 5.41) is 2.63. The summed E-state index contributed by atoms with van der Waals surface area (Å²) in [7, 11) is 0. The van der Waals surface area contributed by atoms with Gasteiger partial charge in [-0.2, -0.15) is 0 Å². The van der Waals surface area contributed by atoms with Gasteiger partial charge in [0.25, 0.3) is 0 Å². The number of nitrogens with one attached hydrogen (secondary N) is 1. The fraction of sp³-hybridized carbons (Fsp3) is 0. The summed E-state index contributed by atoms with van der Waals surface area (Å²) in [4.78, 5) is 3.92. The van der Waals surface area contributed by atoms with E-state index in [9.17, 15) is 8.78 Å². The number of pyridine rings is 1. The fourth-order valence-electron chi connectivity index (χ4n) is 1.24. The summed E-state index contributed by atoms with van der Waals surface area (Å²) < 4.78 is 26.2. The Bertz CT molecular complexity index is 520. The summed E-state index contributed by atoms with van der Waals surface area (Å²) in [5.41, 5.74) is 5.99. The van der Waals surface area contributed by atoms with E-state index < -0.39 is 11.6 Å². The van der Waals surface area contributed by atoms with Crippen molar-refractivity contribution in [2.24, 2.45) is 0 Å². The summed E-state index contributed by atoms with van der Waals surface area (Å²) in [6.45, 7) is 0. The second-order valence-electron chi connectivity index (χ2n) is 3.19. The molecule has 17 heavy (non-hydrogen) atoms. The number of nitrogens with zero attached hydrogens (tertiary/aromatic N) is 1. The predicted molar refractivity (Wildman–Crippen MR) is 65.5 cm³/mol. The average molecular weight is 258 g/mol. The molecule has 0 fully saturated rings. The van der Waals surface area contributed by atoms with Gasteiger partial charge in [-0.05, 0) is 24.3 Å². The van der Waals surface area contributed by atoms with Crippen molar-refractivity contribution in [2.75, 3.05) is 11.1 Å². The Kier molecular flexibility index (Phi) is 4.23. The third-order valence-corrected chi connectivity index (χ3v) is 2.02. The van der Waals surface area contributed by atoms with Gasteiger partial charge in [0.2, 0.25) is 0 Å². The fourth-order valence-corrected chi connectivity index (χ4v) is 1.24. The average Bonchev–Trinajstić information content (AvgIpc) is 2.27. The number of aromatic nitrogens is 1. The maximum atomic E-state index is 13.3. The van der Waals surface area contributed by atoms with Gasteiger partial charge in [0.1, 0.15) is 11.6 Å². The van der Waals surface area contributed by atoms with E-state index in [0.29, 0.717) is 11.5 Å². The normalized spacial score (nSPS) is 9.53. The molecular formula is C11H10ClF2N3. The van der Waals surface area contributed by atoms with Gasteiger partial charge in [-0.3, -0.25) is 0 Å². The van der Waals surface area contributed by atoms with Crippen LogP contribution in [0.4, 0.5) is 26.0 Å². The lowest BCUT2D eigenvalue weighted by Gasteiger charge is -2.08. The minimum atomic E-state index is -0.563. The molecule has 0 spiro atoms. The second kappa shape index (κ2) is 5.45. The molecule has 0 saturated carbocycles. The number of benzene rings is 1. The monoisotopic (exact) mass is 257 g/mol. The Morgan fingerprint density at radius 1 is 1.18 bits per heavy atom. The van der Waals surface area contributed by atoms with Crippen molar-refractivity contribution in [3.63, 3.8) is 0 Å². The lowest BCUT2D eigenvalue weighted by atomic mass is 10.3. The first kappa shape index (κ1) is 13.2. The Balaban J connectivity index is 0.00000144. The maximum Gasteiger partial charge on any atom is 0.153 e. The quantitative estimate of drug-likeness (QED) is 0.869. The smallest absolute Gasteiger partial charge is 0.153 e. The molecule has 1 aromatic carbocycles. The van der Waals surface area contributed by atoms with Crippen molar-refractivity contribution < 1.29 is 8.78 Å². The van der Waals surface area contributed by atoms with E-state index in [4.69, 9.17) is 5.73 Å². The van der Waals surface area contributed by atoms with Crippen molar-refractivity contribution in [3.05, 3.63) is 48.2 Å². The number of nitrogens with two attached hydrogens (primary N) is 1. The molecule has 3 nitrogen and oxygen atoms in total. The molecule has 0 radical (unpaired) electrons. The molecule has 0 unspecified atom stereocenters. The van der Waals surface area contributed by atoms with Crippen LogP contribution in [0.2, 0.25) is 0 Å². The molecule has 0 saturated heterocycles. The minimum absolute atomic E-state index is 0. The summed E-state index contributed by atoms with van der Waals surface area (Å²) in [6.07, 6.45) is 1.51. The molecule has 2 aromatic rings. The largest absolute Gasteiger partial charge is 0.396 e. The Labute approximate surface area is 103 Å². The summed E-state index contributed by atoms with van der Waals surface area (Å²) in [5.74, 6) is -0.795. The van der Waals surface area contributed by atoms with Gasteiger partial charge in [0, 0.05) is 12.3 Å². The van der Waals surface area contributed by atoms with E-state index in [1.807, 2.05) is 0 Å². The van der Waals surface area contributed by atoms with E-state index in [0.717, 1.165) is 18.2 Å². The van der Waals surface area contributed by atoms with Gasteiger partial charge in [-0.1, -0.05) is 0 Å². The Morgan fingerprint density at radius 3 is 2.65 bits per heavy atom. The second-order valence-corrected chi connectivity index (χ2v) is 3.19. The highest BCUT2D eigenvalue weighted by atomic mass is 35.5. The number of nitrogen functional groups attached to an aromatic ring is 1. The van der Waals surface area contributed by atoms with Crippen LogP contribution < -0.4 is 11.1 Å². The van der Waals surface area contributed by atoms with E-state index >= 15 is 0 Å². The van der Waals surface area contributed by atoms with E-state index in [1.165, 1.54) is 6.20 Å². The van der Waals surface area contributed by atoms with E-state index in [1.54, 1.807) is 12.1 Å². The molecule has 0 amide bonds. The molecule has 3 N–H and O–H groups in total. The van der Waals surface area contributed by atoms with Crippen molar-refractivity contribution in [3.8, 4) is 0 Å². The van der Waals surface area contributed by atoms with Crippen LogP contribution in [0, 0.1) is 11.6 Å². The van der Waals surface area contributed by atoms with Crippen molar-refractivity contribution in [1.82, 2.24) is 4.98 Å². The zero-order valence-electron chi connectivity index (χ0n) is 8.65. The first-order valence-corrected chi connectivity index (χ1v) is 4.59. The molecule has 6 heteroatoms. The highest BCUT2D eigenvalue weighted by molar-refractivity contribution is 5.85. The number of hydrogen-bond donors (Lipinski definition) is 2. The molecule has 0 aliphatic heterocycles. The van der Waals surface area contributed by atoms with Crippen molar-refractivity contribution in [1.29, 1.82) is 0 Å². The predicted octanol–water partition coefficient (Wildman–Crippen LogP) is 3.11. The molecule has 0 bridgehead atoms. The van der Waals surface area contributed by atoms with E-state index in [-0.39, 0.29) is 18.1 Å². The van der Waals surface area contributed by atoms with Crippen LogP contribution in [-0.4, -0.2) is 4.98 Å². The van der Waals surface area contributed by atoms with E-state index in [2.05, 4.69) is 10.3 Å². The molecule has 0 aliphatic carbocycles. The van der Waals surface area contributed by atoms with Crippen LogP contribution in [0.15, 0.2) is 36.5 Å². The van der Waals surface area contributed by atoms with Crippen LogP contribution in [0.1, 0.15) is 0 Å². The first-order valence-electron chi connectivity index (χ1n) is 4.59. The molecule has 0 atom stereocenters. The van der Waals surface area contributed by atoms with Crippen molar-refractivity contribution >= 4 is 29.6 Å². The van der Waals surface area contributed by atoms with Gasteiger partial charge in [0.05, 0.1) is 11.4 Å². The van der Waals surface area contributed by atoms with Crippen LogP contribution in [0.3, 0.4) is 0 Å². The third kappa shape index (κ3) is 3.04. The standard InChI is InChI=1S/C11H9F2N3.ClH/c12-7-3-4-8(13)10(6-7)16-11-9(14)2-1-5-15-11;/h1-6H,14H2,(H,15,16);1H. The van der Waals surface area contributed by atoms with Crippen LogP contribution in [-0.2, 0) is 0 Å². The van der Waals surface area contributed by atoms with Crippen LogP contribution in [0.25, 0.3) is 0 Å². The van der Waals surface area contributed by atoms with Crippen LogP contribution in [0.5, 0.6) is 0 Å². The van der Waals surface area contributed by atoms with Gasteiger partial charge in [-0.15, -0.1) is 12.4 Å². The Hall–Kier alpha value is -1.88. The molecule has 0 aliphatic rings. The number of hydrogen-bond acceptors (Lipinski definition) is 3. The topological polar surface area (TPSA) is 50.9 Å². The first-order chi connectivity index (χ1) is 7.66. The van der Waals surface area contributed by atoms with Crippen LogP contribution >= 0.6 is 12.4 Å². The molecule has 1 heterocycles. The SMILES string of the molecule is Cl.Nc1cccnc1Nc1cc(F)ccc1F. The lowest BCUT2D eigenvalue weighted by Crippen LogP contribution is -2.00. The lowest BCUT2D eigenvalue weighted by molar-refractivity contribution is 0.603. The zero-order chi connectivity index (χ0) is 11.5. The maximum absolute atomic E-state index is 13.3. The molecular weight excluding hydrogens is 248 g/mol. The van der Waals surface area contributed by atoms with Gasteiger partial charge < -0.3 is 11.1 Å². The molecule has 90 valence electrons. The molecule has 1 aromatic heterocycles. The van der Waals surface area contributed by atoms with Gasteiger partial charge in [0.15, 0.2) is 5.82 Å². The summed E-state index contributed by atoms with van der Waals surface area (Å²) in [6, 6.07) is 6.40. The number of rotatable bonds is 2. The molecule has 2 rings (SSSR count). The minimum Gasteiger partial charge on any atom is -0.396 e. The zero-order valence-corrected chi connectivity index (χ0v) is 9.47. The number of anilines is 3. The highest BCUT2D eigenvalue weighted by Crippen LogP contribution is 2.22.